The van der Waals surface area contributed by atoms with Crippen molar-refractivity contribution < 1.29 is 14.7 Å². The molecule has 0 aliphatic carbocycles. The van der Waals surface area contributed by atoms with Gasteiger partial charge in [-0.2, -0.15) is 0 Å². The molecular weight excluding hydrogens is 268 g/mol. The lowest BCUT2D eigenvalue weighted by atomic mass is 9.93. The van der Waals surface area contributed by atoms with Gasteiger partial charge in [-0.3, -0.25) is 9.59 Å². The van der Waals surface area contributed by atoms with Crippen LogP contribution in [0.2, 0.25) is 0 Å². The van der Waals surface area contributed by atoms with Gasteiger partial charge in [0.25, 0.3) is 0 Å². The first kappa shape index (κ1) is 14.1. The van der Waals surface area contributed by atoms with Crippen molar-refractivity contribution in [2.75, 3.05) is 19.6 Å². The van der Waals surface area contributed by atoms with Crippen molar-refractivity contribution in [3.63, 3.8) is 0 Å². The molecule has 3 rings (SSSR count). The highest BCUT2D eigenvalue weighted by molar-refractivity contribution is 5.85. The molecule has 0 spiro atoms. The zero-order valence-corrected chi connectivity index (χ0v) is 12.1. The maximum atomic E-state index is 12.7. The highest BCUT2D eigenvalue weighted by atomic mass is 16.4. The predicted octanol–water partition coefficient (Wildman–Crippen LogP) is 1.05. The van der Waals surface area contributed by atoms with Crippen molar-refractivity contribution in [2.24, 2.45) is 11.8 Å². The second-order valence-electron chi connectivity index (χ2n) is 6.00. The SMILES string of the molecule is CC1CN(C(=O)C2NCCc3ccccc32)CC1C(=O)O. The van der Waals surface area contributed by atoms with Gasteiger partial charge in [-0.25, -0.2) is 0 Å². The number of nitrogens with one attached hydrogen (secondary N) is 1. The molecule has 0 saturated carbocycles. The third-order valence-corrected chi connectivity index (χ3v) is 4.60. The number of hydrogen-bond acceptors (Lipinski definition) is 3. The molecule has 0 radical (unpaired) electrons. The molecule has 5 nitrogen and oxygen atoms in total. The summed E-state index contributed by atoms with van der Waals surface area (Å²) in [6.07, 6.45) is 0.925. The van der Waals surface area contributed by atoms with E-state index in [0.29, 0.717) is 13.1 Å². The number of carboxylic acid groups (broad SMARTS) is 1. The summed E-state index contributed by atoms with van der Waals surface area (Å²) in [5.74, 6) is -1.26. The van der Waals surface area contributed by atoms with Crippen molar-refractivity contribution in [1.82, 2.24) is 10.2 Å². The number of amides is 1. The monoisotopic (exact) mass is 288 g/mol. The van der Waals surface area contributed by atoms with Crippen molar-refractivity contribution in [3.8, 4) is 0 Å². The lowest BCUT2D eigenvalue weighted by Crippen LogP contribution is -2.43. The van der Waals surface area contributed by atoms with Gasteiger partial charge in [-0.15, -0.1) is 0 Å². The lowest BCUT2D eigenvalue weighted by Gasteiger charge is -2.29. The Bertz CT molecular complexity index is 572. The molecule has 1 fully saturated rings. The van der Waals surface area contributed by atoms with Gasteiger partial charge in [0, 0.05) is 19.6 Å². The maximum Gasteiger partial charge on any atom is 0.308 e. The summed E-state index contributed by atoms with van der Waals surface area (Å²) in [7, 11) is 0. The Morgan fingerprint density at radius 2 is 2.05 bits per heavy atom. The first-order valence-corrected chi connectivity index (χ1v) is 7.40. The highest BCUT2D eigenvalue weighted by Gasteiger charge is 2.39. The van der Waals surface area contributed by atoms with E-state index in [0.717, 1.165) is 18.5 Å². The second kappa shape index (κ2) is 5.48. The third-order valence-electron chi connectivity index (χ3n) is 4.60. The Morgan fingerprint density at radius 3 is 2.76 bits per heavy atom. The quantitative estimate of drug-likeness (QED) is 0.853. The van der Waals surface area contributed by atoms with Crippen LogP contribution < -0.4 is 5.32 Å². The Morgan fingerprint density at radius 1 is 1.29 bits per heavy atom. The van der Waals surface area contributed by atoms with Crippen molar-refractivity contribution in [2.45, 2.75) is 19.4 Å². The molecule has 21 heavy (non-hydrogen) atoms. The fourth-order valence-electron chi connectivity index (χ4n) is 3.38. The number of likely N-dealkylation sites (tertiary alicyclic amines) is 1. The van der Waals surface area contributed by atoms with E-state index in [-0.39, 0.29) is 17.9 Å². The van der Waals surface area contributed by atoms with Crippen LogP contribution in [0.15, 0.2) is 24.3 Å². The molecule has 1 aromatic carbocycles. The molecule has 3 unspecified atom stereocenters. The van der Waals surface area contributed by atoms with Crippen LogP contribution in [0.3, 0.4) is 0 Å². The van der Waals surface area contributed by atoms with E-state index in [2.05, 4.69) is 11.4 Å². The number of benzene rings is 1. The van der Waals surface area contributed by atoms with Gasteiger partial charge in [0.2, 0.25) is 5.91 Å². The van der Waals surface area contributed by atoms with Crippen LogP contribution in [0.25, 0.3) is 0 Å². The molecular formula is C16H20N2O3. The normalized spacial score (nSPS) is 28.2. The average molecular weight is 288 g/mol. The van der Waals surface area contributed by atoms with Crippen LogP contribution in [0.5, 0.6) is 0 Å². The van der Waals surface area contributed by atoms with Crippen LogP contribution >= 0.6 is 0 Å². The molecule has 1 saturated heterocycles. The number of rotatable bonds is 2. The fraction of sp³-hybridized carbons (Fsp3) is 0.500. The molecule has 5 heteroatoms. The van der Waals surface area contributed by atoms with E-state index in [4.69, 9.17) is 0 Å². The van der Waals surface area contributed by atoms with Crippen molar-refractivity contribution >= 4 is 11.9 Å². The zero-order valence-electron chi connectivity index (χ0n) is 12.1. The largest absolute Gasteiger partial charge is 0.481 e. The summed E-state index contributed by atoms with van der Waals surface area (Å²) in [6, 6.07) is 7.64. The molecule has 2 heterocycles. The number of carbonyl (C=O) groups is 2. The summed E-state index contributed by atoms with van der Waals surface area (Å²) in [5, 5.41) is 12.5. The average Bonchev–Trinajstić information content (AvgIpc) is 2.88. The molecule has 2 N–H and O–H groups in total. The number of fused-ring (bicyclic) bond motifs is 1. The van der Waals surface area contributed by atoms with E-state index < -0.39 is 11.9 Å². The number of carbonyl (C=O) groups excluding carboxylic acids is 1. The van der Waals surface area contributed by atoms with Crippen LogP contribution in [-0.4, -0.2) is 41.5 Å². The van der Waals surface area contributed by atoms with Crippen molar-refractivity contribution in [1.29, 1.82) is 0 Å². The highest BCUT2D eigenvalue weighted by Crippen LogP contribution is 2.29. The van der Waals surface area contributed by atoms with E-state index in [1.54, 1.807) is 4.90 Å². The Kier molecular flexibility index (Phi) is 3.68. The summed E-state index contributed by atoms with van der Waals surface area (Å²) in [4.78, 5) is 25.6. The topological polar surface area (TPSA) is 69.6 Å². The smallest absolute Gasteiger partial charge is 0.308 e. The lowest BCUT2D eigenvalue weighted by molar-refractivity contribution is -0.142. The fourth-order valence-corrected chi connectivity index (χ4v) is 3.38. The molecule has 3 atom stereocenters. The minimum atomic E-state index is -0.810. The zero-order chi connectivity index (χ0) is 15.0. The van der Waals surface area contributed by atoms with E-state index in [1.807, 2.05) is 25.1 Å². The van der Waals surface area contributed by atoms with Gasteiger partial charge in [-0.1, -0.05) is 31.2 Å². The van der Waals surface area contributed by atoms with Gasteiger partial charge in [0.05, 0.1) is 5.92 Å². The summed E-state index contributed by atoms with van der Waals surface area (Å²) in [5.41, 5.74) is 2.23. The maximum absolute atomic E-state index is 12.7. The second-order valence-corrected chi connectivity index (χ2v) is 6.00. The van der Waals surface area contributed by atoms with Gasteiger partial charge < -0.3 is 15.3 Å². The molecule has 2 aliphatic rings. The first-order valence-electron chi connectivity index (χ1n) is 7.40. The number of nitrogens with zero attached hydrogens (tertiary/aromatic N) is 1. The minimum Gasteiger partial charge on any atom is -0.481 e. The number of aliphatic carboxylic acids is 1. The van der Waals surface area contributed by atoms with E-state index in [9.17, 15) is 14.7 Å². The van der Waals surface area contributed by atoms with E-state index in [1.165, 1.54) is 5.56 Å². The Labute approximate surface area is 123 Å². The Balaban J connectivity index is 1.80. The number of hydrogen-bond donors (Lipinski definition) is 2. The van der Waals surface area contributed by atoms with E-state index >= 15 is 0 Å². The van der Waals surface area contributed by atoms with Crippen LogP contribution in [0.1, 0.15) is 24.1 Å². The van der Waals surface area contributed by atoms with Crippen LogP contribution in [-0.2, 0) is 16.0 Å². The predicted molar refractivity (Wildman–Crippen MR) is 77.8 cm³/mol. The summed E-state index contributed by atoms with van der Waals surface area (Å²) >= 11 is 0. The molecule has 1 aromatic rings. The van der Waals surface area contributed by atoms with Crippen molar-refractivity contribution in [3.05, 3.63) is 35.4 Å². The standard InChI is InChI=1S/C16H20N2O3/c1-10-8-18(9-13(10)16(20)21)15(19)14-12-5-3-2-4-11(12)6-7-17-14/h2-5,10,13-14,17H,6-9H2,1H3,(H,20,21). The van der Waals surface area contributed by atoms with Crippen LogP contribution in [0, 0.1) is 11.8 Å². The summed E-state index contributed by atoms with van der Waals surface area (Å²) < 4.78 is 0. The molecule has 0 bridgehead atoms. The molecule has 0 aromatic heterocycles. The van der Waals surface area contributed by atoms with Gasteiger partial charge >= 0.3 is 5.97 Å². The first-order chi connectivity index (χ1) is 10.1. The molecule has 112 valence electrons. The molecule has 1 amide bonds. The minimum absolute atomic E-state index is 0.00208. The Hall–Kier alpha value is -1.88. The van der Waals surface area contributed by atoms with Gasteiger partial charge in [-0.05, 0) is 23.5 Å². The third kappa shape index (κ3) is 2.53. The number of carboxylic acids is 1. The van der Waals surface area contributed by atoms with Gasteiger partial charge in [0.1, 0.15) is 6.04 Å². The summed E-state index contributed by atoms with van der Waals surface area (Å²) in [6.45, 7) is 3.51. The van der Waals surface area contributed by atoms with Crippen LogP contribution in [0.4, 0.5) is 0 Å². The van der Waals surface area contributed by atoms with Gasteiger partial charge in [0.15, 0.2) is 0 Å². The molecule has 2 aliphatic heterocycles.